The minimum atomic E-state index is -1.30. The molecule has 6 heterocycles. The first-order valence-corrected chi connectivity index (χ1v) is 22.7. The van der Waals surface area contributed by atoms with Crippen molar-refractivity contribution in [3.63, 3.8) is 0 Å². The van der Waals surface area contributed by atoms with Crippen LogP contribution in [-0.4, -0.2) is 70.5 Å². The van der Waals surface area contributed by atoms with E-state index < -0.39 is 55.1 Å². The largest absolute Gasteiger partial charge is 0.465 e. The number of hydrogen-bond donors (Lipinski definition) is 0. The molecule has 6 aliphatic heterocycles. The molecule has 326 valence electrons. The summed E-state index contributed by atoms with van der Waals surface area (Å²) in [5.41, 5.74) is 1.97. The van der Waals surface area contributed by atoms with Gasteiger partial charge in [0.15, 0.2) is 57.1 Å². The Balaban J connectivity index is 1.53. The van der Waals surface area contributed by atoms with Crippen LogP contribution in [-0.2, 0) is 14.2 Å². The third-order valence-electron chi connectivity index (χ3n) is 10.3. The van der Waals surface area contributed by atoms with Gasteiger partial charge in [-0.05, 0) is 33.3 Å². The van der Waals surface area contributed by atoms with Crippen LogP contribution in [0, 0.1) is 0 Å². The Bertz CT molecular complexity index is 2130. The minimum Gasteiger partial charge on any atom is -0.465 e. The Morgan fingerprint density at radius 2 is 0.623 bits per heavy atom. The first-order chi connectivity index (χ1) is 28.2. The summed E-state index contributed by atoms with van der Waals surface area (Å²) >= 11 is 6.32. The van der Waals surface area contributed by atoms with E-state index in [1.165, 1.54) is 21.3 Å². The maximum atomic E-state index is 14.0. The van der Waals surface area contributed by atoms with E-state index in [1.807, 2.05) is 0 Å². The van der Waals surface area contributed by atoms with Gasteiger partial charge in [0, 0.05) is 75.0 Å². The first kappa shape index (κ1) is 42.2. The van der Waals surface area contributed by atoms with Gasteiger partial charge in [-0.2, -0.15) is 0 Å². The predicted octanol–water partition coefficient (Wildman–Crippen LogP) is 10.1. The van der Waals surface area contributed by atoms with Crippen LogP contribution in [0.25, 0.3) is 0 Å². The maximum Gasteiger partial charge on any atom is 0.345 e. The summed E-state index contributed by atoms with van der Waals surface area (Å²) in [6.45, 7) is 22.2. The third kappa shape index (κ3) is 6.51. The van der Waals surface area contributed by atoms with Crippen molar-refractivity contribution in [1.29, 1.82) is 0 Å². The molecule has 0 aliphatic carbocycles. The standard InChI is InChI=1S/C43H46O14S4/c1-38(2)50-23-17(24-28(55-39(3,4)51-24)20(27(23)54-38)35(44)47-13)16(18-25-29(56-40(5,6)52-25)21(36(45)48-14)30-26(18)53-41(7,8)57-30)19-31-33(60-42(9,10)58-31)22(37(46)49-15)34-32(19)59-43(11,12)61-34/h16H,1-15H3. The van der Waals surface area contributed by atoms with Crippen molar-refractivity contribution in [3.05, 3.63) is 33.4 Å². The molecule has 0 fully saturated rings. The Kier molecular flexibility index (Phi) is 9.13. The van der Waals surface area contributed by atoms with Gasteiger partial charge in [-0.1, -0.05) is 0 Å². The van der Waals surface area contributed by atoms with Crippen LogP contribution < -0.4 is 37.9 Å². The lowest BCUT2D eigenvalue weighted by Gasteiger charge is -2.29. The highest BCUT2D eigenvalue weighted by Gasteiger charge is 2.56. The fourth-order valence-electron chi connectivity index (χ4n) is 8.38. The van der Waals surface area contributed by atoms with E-state index in [1.54, 1.807) is 102 Å². The van der Waals surface area contributed by atoms with Crippen LogP contribution in [0.2, 0.25) is 0 Å². The Hall–Kier alpha value is -4.13. The molecule has 14 nitrogen and oxygen atoms in total. The quantitative estimate of drug-likeness (QED) is 0.131. The predicted molar refractivity (Wildman–Crippen MR) is 227 cm³/mol. The molecule has 0 atom stereocenters. The Morgan fingerprint density at radius 1 is 0.377 bits per heavy atom. The van der Waals surface area contributed by atoms with Crippen LogP contribution in [0.5, 0.6) is 46.0 Å². The van der Waals surface area contributed by atoms with Gasteiger partial charge >= 0.3 is 17.9 Å². The number of esters is 3. The molecule has 61 heavy (non-hydrogen) atoms. The zero-order chi connectivity index (χ0) is 44.3. The average Bonchev–Trinajstić information content (AvgIpc) is 3.95. The zero-order valence-corrected chi connectivity index (χ0v) is 39.7. The normalized spacial score (nSPS) is 21.0. The SMILES string of the molecule is COC(=O)c1c2c(c(C(c3c4c(c(C(=O)OC)c5c3OC(C)(C)O5)OC(C)(C)O4)c3c4c(c(C(=O)OC)c5c3SC(C)(C)S5)SC(C)(C)S4)c3c1OC(C)(C)O3)OC(C)(C)O2. The molecule has 0 unspecified atom stereocenters. The van der Waals surface area contributed by atoms with E-state index in [0.29, 0.717) is 16.7 Å². The molecular formula is C43H46O14S4. The van der Waals surface area contributed by atoms with Gasteiger partial charge in [-0.3, -0.25) is 0 Å². The van der Waals surface area contributed by atoms with Crippen molar-refractivity contribution >= 4 is 65.0 Å². The summed E-state index contributed by atoms with van der Waals surface area (Å²) in [5, 5.41) is 0. The Morgan fingerprint density at radius 3 is 0.902 bits per heavy atom. The average molecular weight is 915 g/mol. The first-order valence-electron chi connectivity index (χ1n) is 19.5. The molecule has 3 aromatic rings. The molecule has 0 amide bonds. The van der Waals surface area contributed by atoms with E-state index in [-0.39, 0.29) is 57.1 Å². The van der Waals surface area contributed by atoms with Gasteiger partial charge in [0.25, 0.3) is 0 Å². The molecular weight excluding hydrogens is 869 g/mol. The van der Waals surface area contributed by atoms with Crippen molar-refractivity contribution in [2.75, 3.05) is 21.3 Å². The number of fused-ring (bicyclic) bond motifs is 6. The number of carbonyl (C=O) groups excluding carboxylic acids is 3. The summed E-state index contributed by atoms with van der Waals surface area (Å²) in [6.07, 6.45) is 0. The van der Waals surface area contributed by atoms with Gasteiger partial charge < -0.3 is 52.1 Å². The van der Waals surface area contributed by atoms with Crippen LogP contribution in [0.1, 0.15) is 137 Å². The highest BCUT2D eigenvalue weighted by atomic mass is 32.2. The van der Waals surface area contributed by atoms with Crippen molar-refractivity contribution in [3.8, 4) is 46.0 Å². The topological polar surface area (TPSA) is 153 Å². The molecule has 6 aliphatic rings. The van der Waals surface area contributed by atoms with E-state index >= 15 is 0 Å². The van der Waals surface area contributed by atoms with Gasteiger partial charge in [0.2, 0.25) is 23.1 Å². The van der Waals surface area contributed by atoms with Crippen molar-refractivity contribution < 1.29 is 66.5 Å². The summed E-state index contributed by atoms with van der Waals surface area (Å²) < 4.78 is 68.5. The second-order valence-corrected chi connectivity index (χ2v) is 24.9. The molecule has 0 radical (unpaired) electrons. The van der Waals surface area contributed by atoms with Crippen LogP contribution in [0.15, 0.2) is 19.6 Å². The smallest absolute Gasteiger partial charge is 0.345 e. The van der Waals surface area contributed by atoms with Gasteiger partial charge in [0.05, 0.1) is 52.1 Å². The van der Waals surface area contributed by atoms with Crippen LogP contribution >= 0.6 is 47.0 Å². The van der Waals surface area contributed by atoms with Crippen molar-refractivity contribution in [2.45, 2.75) is 140 Å². The molecule has 0 aromatic heterocycles. The lowest BCUT2D eigenvalue weighted by molar-refractivity contribution is -0.0497. The van der Waals surface area contributed by atoms with Gasteiger partial charge in [-0.25, -0.2) is 14.4 Å². The molecule has 0 saturated heterocycles. The fourth-order valence-corrected chi connectivity index (χ4v) is 14.3. The summed E-state index contributed by atoms with van der Waals surface area (Å²) in [4.78, 5) is 44.8. The summed E-state index contributed by atoms with van der Waals surface area (Å²) in [5.74, 6) is -7.12. The molecule has 9 rings (SSSR count). The Labute approximate surface area is 370 Å². The number of methoxy groups -OCH3 is 3. The molecule has 18 heteroatoms. The molecule has 0 N–H and O–H groups in total. The summed E-state index contributed by atoms with van der Waals surface area (Å²) in [6, 6.07) is 0. The maximum absolute atomic E-state index is 14.0. The van der Waals surface area contributed by atoms with Gasteiger partial charge in [0.1, 0.15) is 0 Å². The van der Waals surface area contributed by atoms with E-state index in [4.69, 9.17) is 52.1 Å². The van der Waals surface area contributed by atoms with Crippen LogP contribution in [0.4, 0.5) is 0 Å². The van der Waals surface area contributed by atoms with Crippen molar-refractivity contribution in [1.82, 2.24) is 0 Å². The highest BCUT2D eigenvalue weighted by molar-refractivity contribution is 8.21. The number of hydrogen-bond acceptors (Lipinski definition) is 18. The number of benzene rings is 3. The third-order valence-corrected chi connectivity index (χ3v) is 16.0. The van der Waals surface area contributed by atoms with Gasteiger partial charge in [-0.15, -0.1) is 47.0 Å². The second kappa shape index (κ2) is 13.2. The molecule has 0 saturated carbocycles. The number of carbonyl (C=O) groups is 3. The fraction of sp³-hybridized carbons (Fsp3) is 0.512. The highest BCUT2D eigenvalue weighted by Crippen LogP contribution is 2.72. The molecule has 0 spiro atoms. The van der Waals surface area contributed by atoms with E-state index in [0.717, 1.165) is 25.1 Å². The summed E-state index contributed by atoms with van der Waals surface area (Å²) in [7, 11) is 3.93. The molecule has 3 aromatic carbocycles. The molecule has 0 bridgehead atoms. The monoisotopic (exact) mass is 914 g/mol. The van der Waals surface area contributed by atoms with E-state index in [2.05, 4.69) is 27.7 Å². The van der Waals surface area contributed by atoms with Crippen LogP contribution in [0.3, 0.4) is 0 Å². The lowest BCUT2D eigenvalue weighted by atomic mass is 9.80. The van der Waals surface area contributed by atoms with Crippen molar-refractivity contribution in [2.24, 2.45) is 0 Å². The number of ether oxygens (including phenoxy) is 11. The number of rotatable bonds is 6. The lowest BCUT2D eigenvalue weighted by Crippen LogP contribution is -2.32. The minimum absolute atomic E-state index is 0.0160. The number of thioether (sulfide) groups is 4. The van der Waals surface area contributed by atoms with E-state index in [9.17, 15) is 14.4 Å². The second-order valence-electron chi connectivity index (χ2n) is 17.8. The zero-order valence-electron chi connectivity index (χ0n) is 36.4.